The molecule has 0 spiro atoms. The van der Waals surface area contributed by atoms with Crippen molar-refractivity contribution in [1.82, 2.24) is 9.88 Å². The van der Waals surface area contributed by atoms with Crippen LogP contribution in [0.1, 0.15) is 16.9 Å². The first-order chi connectivity index (χ1) is 9.69. The van der Waals surface area contributed by atoms with E-state index in [0.717, 1.165) is 4.90 Å². The Labute approximate surface area is 117 Å². The van der Waals surface area contributed by atoms with E-state index in [1.807, 2.05) is 0 Å². The highest BCUT2D eigenvalue weighted by molar-refractivity contribution is 5.97. The summed E-state index contributed by atoms with van der Waals surface area (Å²) in [6, 6.07) is 2.87. The average molecular weight is 303 g/mol. The maximum atomic E-state index is 13.0. The number of nitrogens with two attached hydrogens (primary N) is 1. The molecule has 1 aromatic rings. The number of hydrogen-bond donors (Lipinski definition) is 2. The van der Waals surface area contributed by atoms with Crippen LogP contribution in [0.4, 0.5) is 18.9 Å². The monoisotopic (exact) mass is 303 g/mol. The summed E-state index contributed by atoms with van der Waals surface area (Å²) >= 11 is 0. The van der Waals surface area contributed by atoms with Gasteiger partial charge in [-0.3, -0.25) is 9.59 Å². The lowest BCUT2D eigenvalue weighted by atomic mass is 9.86. The first kappa shape index (κ1) is 15.1. The van der Waals surface area contributed by atoms with E-state index in [1.165, 1.54) is 18.3 Å². The Balaban J connectivity index is 2.28. The van der Waals surface area contributed by atoms with Crippen molar-refractivity contribution in [3.05, 3.63) is 24.0 Å². The third-order valence-corrected chi connectivity index (χ3v) is 3.55. The number of likely N-dealkylation sites (tertiary alicyclic amines) is 1. The molecule has 3 N–H and O–H groups in total. The van der Waals surface area contributed by atoms with Crippen molar-refractivity contribution in [3.63, 3.8) is 0 Å². The number of aliphatic carboxylic acids is 1. The molecule has 21 heavy (non-hydrogen) atoms. The third-order valence-electron chi connectivity index (χ3n) is 3.55. The normalized spacial score (nSPS) is 22.3. The van der Waals surface area contributed by atoms with Crippen LogP contribution in [0.15, 0.2) is 18.3 Å². The molecular formula is C12H12F3N3O3. The Morgan fingerprint density at radius 2 is 2.10 bits per heavy atom. The number of pyridine rings is 1. The van der Waals surface area contributed by atoms with Gasteiger partial charge in [-0.1, -0.05) is 0 Å². The van der Waals surface area contributed by atoms with Gasteiger partial charge in [-0.2, -0.15) is 13.2 Å². The largest absolute Gasteiger partial charge is 0.481 e. The van der Waals surface area contributed by atoms with Crippen LogP contribution in [-0.2, 0) is 4.79 Å². The fourth-order valence-electron chi connectivity index (χ4n) is 2.26. The topological polar surface area (TPSA) is 96.5 Å². The highest BCUT2D eigenvalue weighted by atomic mass is 19.4. The zero-order valence-corrected chi connectivity index (χ0v) is 10.7. The van der Waals surface area contributed by atoms with Crippen molar-refractivity contribution in [2.75, 3.05) is 18.8 Å². The molecule has 0 radical (unpaired) electrons. The number of carbonyl (C=O) groups is 2. The summed E-state index contributed by atoms with van der Waals surface area (Å²) in [7, 11) is 0. The summed E-state index contributed by atoms with van der Waals surface area (Å²) < 4.78 is 39.1. The summed E-state index contributed by atoms with van der Waals surface area (Å²) in [5.74, 6) is -2.79. The number of hydrogen-bond acceptors (Lipinski definition) is 4. The lowest BCUT2D eigenvalue weighted by Gasteiger charge is -2.27. The second-order valence-corrected chi connectivity index (χ2v) is 4.80. The highest BCUT2D eigenvalue weighted by Crippen LogP contribution is 2.46. The smallest absolute Gasteiger partial charge is 0.406 e. The van der Waals surface area contributed by atoms with E-state index >= 15 is 0 Å². The standard InChI is InChI=1S/C12H12F3N3O3/c13-12(14,15)11(10(20)21)3-5-18(6-11)9(19)8-7(16)2-1-4-17-8/h1-2,4H,3,5-6,16H2,(H,20,21). The number of carboxylic acid groups (broad SMARTS) is 1. The third kappa shape index (κ3) is 2.39. The number of halogens is 3. The van der Waals surface area contributed by atoms with E-state index < -0.39 is 36.4 Å². The molecule has 1 aliphatic heterocycles. The molecule has 1 saturated heterocycles. The molecule has 0 aromatic carbocycles. The number of amides is 1. The van der Waals surface area contributed by atoms with Gasteiger partial charge in [-0.05, 0) is 18.6 Å². The van der Waals surface area contributed by atoms with Gasteiger partial charge in [-0.15, -0.1) is 0 Å². The van der Waals surface area contributed by atoms with Crippen molar-refractivity contribution >= 4 is 17.6 Å². The molecule has 1 amide bonds. The van der Waals surface area contributed by atoms with Crippen LogP contribution in [-0.4, -0.2) is 46.1 Å². The fourth-order valence-corrected chi connectivity index (χ4v) is 2.26. The molecule has 0 aliphatic carbocycles. The summed E-state index contributed by atoms with van der Waals surface area (Å²) in [6.45, 7) is -1.26. The number of anilines is 1. The van der Waals surface area contributed by atoms with Crippen molar-refractivity contribution < 1.29 is 27.9 Å². The minimum Gasteiger partial charge on any atom is -0.481 e. The number of carbonyl (C=O) groups excluding carboxylic acids is 1. The van der Waals surface area contributed by atoms with Gasteiger partial charge in [-0.25, -0.2) is 4.98 Å². The molecular weight excluding hydrogens is 291 g/mol. The van der Waals surface area contributed by atoms with Crippen LogP contribution in [0.2, 0.25) is 0 Å². The van der Waals surface area contributed by atoms with Crippen LogP contribution < -0.4 is 5.73 Å². The fraction of sp³-hybridized carbons (Fsp3) is 0.417. The SMILES string of the molecule is Nc1cccnc1C(=O)N1CCC(C(=O)O)(C(F)(F)F)C1. The van der Waals surface area contributed by atoms with Gasteiger partial charge < -0.3 is 15.7 Å². The van der Waals surface area contributed by atoms with Crippen molar-refractivity contribution in [3.8, 4) is 0 Å². The zero-order valence-electron chi connectivity index (χ0n) is 10.7. The Hall–Kier alpha value is -2.32. The number of aromatic nitrogens is 1. The summed E-state index contributed by atoms with van der Waals surface area (Å²) in [4.78, 5) is 27.7. The average Bonchev–Trinajstić information content (AvgIpc) is 2.84. The van der Waals surface area contributed by atoms with Crippen molar-refractivity contribution in [1.29, 1.82) is 0 Å². The first-order valence-electron chi connectivity index (χ1n) is 5.99. The minimum atomic E-state index is -4.94. The van der Waals surface area contributed by atoms with Crippen LogP contribution in [0, 0.1) is 5.41 Å². The van der Waals surface area contributed by atoms with Crippen LogP contribution in [0.3, 0.4) is 0 Å². The number of nitrogens with zero attached hydrogens (tertiary/aromatic N) is 2. The Morgan fingerprint density at radius 3 is 2.57 bits per heavy atom. The summed E-state index contributed by atoms with van der Waals surface area (Å²) in [5.41, 5.74) is 2.47. The van der Waals surface area contributed by atoms with Gasteiger partial charge in [0.2, 0.25) is 0 Å². The molecule has 1 aromatic heterocycles. The van der Waals surface area contributed by atoms with Crippen molar-refractivity contribution in [2.45, 2.75) is 12.6 Å². The molecule has 6 nitrogen and oxygen atoms in total. The predicted octanol–water partition coefficient (Wildman–Crippen LogP) is 1.14. The van der Waals surface area contributed by atoms with Gasteiger partial charge >= 0.3 is 12.1 Å². The lowest BCUT2D eigenvalue weighted by Crippen LogP contribution is -2.47. The van der Waals surface area contributed by atoms with E-state index in [4.69, 9.17) is 10.8 Å². The predicted molar refractivity (Wildman–Crippen MR) is 65.3 cm³/mol. The van der Waals surface area contributed by atoms with E-state index in [1.54, 1.807) is 0 Å². The molecule has 2 heterocycles. The quantitative estimate of drug-likeness (QED) is 0.854. The highest BCUT2D eigenvalue weighted by Gasteiger charge is 2.64. The molecule has 114 valence electrons. The molecule has 0 bridgehead atoms. The van der Waals surface area contributed by atoms with E-state index in [-0.39, 0.29) is 17.9 Å². The summed E-state index contributed by atoms with van der Waals surface area (Å²) in [6.07, 6.45) is -4.35. The Kier molecular flexibility index (Phi) is 3.52. The molecule has 0 saturated carbocycles. The van der Waals surface area contributed by atoms with Gasteiger partial charge in [0.1, 0.15) is 0 Å². The summed E-state index contributed by atoms with van der Waals surface area (Å²) in [5, 5.41) is 8.93. The number of alkyl halides is 3. The second-order valence-electron chi connectivity index (χ2n) is 4.80. The van der Waals surface area contributed by atoms with Gasteiger partial charge in [0.15, 0.2) is 11.1 Å². The van der Waals surface area contributed by atoms with E-state index in [2.05, 4.69) is 4.98 Å². The minimum absolute atomic E-state index is 0.0299. The van der Waals surface area contributed by atoms with E-state index in [0.29, 0.717) is 0 Å². The maximum Gasteiger partial charge on any atom is 0.406 e. The molecule has 1 unspecified atom stereocenters. The van der Waals surface area contributed by atoms with E-state index in [9.17, 15) is 22.8 Å². The zero-order chi connectivity index (χ0) is 15.8. The van der Waals surface area contributed by atoms with Crippen LogP contribution >= 0.6 is 0 Å². The number of carboxylic acids is 1. The molecule has 2 rings (SSSR count). The van der Waals surface area contributed by atoms with Gasteiger partial charge in [0.25, 0.3) is 5.91 Å². The van der Waals surface area contributed by atoms with Crippen molar-refractivity contribution in [2.24, 2.45) is 5.41 Å². The Morgan fingerprint density at radius 1 is 1.43 bits per heavy atom. The number of nitrogen functional groups attached to an aromatic ring is 1. The maximum absolute atomic E-state index is 13.0. The van der Waals surface area contributed by atoms with Gasteiger partial charge in [0, 0.05) is 19.3 Å². The lowest BCUT2D eigenvalue weighted by molar-refractivity contribution is -0.227. The molecule has 1 aliphatic rings. The number of rotatable bonds is 2. The van der Waals surface area contributed by atoms with Crippen LogP contribution in [0.25, 0.3) is 0 Å². The molecule has 9 heteroatoms. The molecule has 1 fully saturated rings. The van der Waals surface area contributed by atoms with Gasteiger partial charge in [0.05, 0.1) is 5.69 Å². The Bertz CT molecular complexity index is 591. The second kappa shape index (κ2) is 4.90. The molecule has 1 atom stereocenters. The van der Waals surface area contributed by atoms with Crippen LogP contribution in [0.5, 0.6) is 0 Å². The first-order valence-corrected chi connectivity index (χ1v) is 5.99.